The number of aryl methyl sites for hydroxylation is 2. The third-order valence-corrected chi connectivity index (χ3v) is 9.87. The van der Waals surface area contributed by atoms with Gasteiger partial charge in [0.15, 0.2) is 5.13 Å². The van der Waals surface area contributed by atoms with Gasteiger partial charge in [-0.15, -0.1) is 0 Å². The van der Waals surface area contributed by atoms with Crippen LogP contribution in [0.4, 0.5) is 5.13 Å². The third-order valence-electron chi connectivity index (χ3n) is 6.67. The van der Waals surface area contributed by atoms with E-state index in [1.165, 1.54) is 27.8 Å². The van der Waals surface area contributed by atoms with Crippen molar-refractivity contribution in [3.05, 3.63) is 53.1 Å². The number of rotatable bonds is 10. The number of thiazole rings is 1. The second-order valence-corrected chi connectivity index (χ2v) is 12.2. The maximum atomic E-state index is 13.7. The maximum Gasteiger partial charge on any atom is 0.260 e. The minimum atomic E-state index is -3.61. The number of anilines is 1. The number of carbonyl (C=O) groups is 1. The summed E-state index contributed by atoms with van der Waals surface area (Å²) in [5.74, 6) is -0.206. The van der Waals surface area contributed by atoms with E-state index in [-0.39, 0.29) is 16.9 Å². The zero-order valence-electron chi connectivity index (χ0n) is 21.5. The van der Waals surface area contributed by atoms with Crippen molar-refractivity contribution in [1.29, 1.82) is 0 Å². The third kappa shape index (κ3) is 5.49. The number of amides is 1. The van der Waals surface area contributed by atoms with E-state index in [0.717, 1.165) is 47.0 Å². The van der Waals surface area contributed by atoms with Crippen molar-refractivity contribution in [2.24, 2.45) is 0 Å². The van der Waals surface area contributed by atoms with Crippen LogP contribution in [-0.4, -0.2) is 56.0 Å². The number of unbranched alkanes of at least 4 members (excludes halogenated alkanes) is 1. The van der Waals surface area contributed by atoms with E-state index in [1.807, 2.05) is 26.8 Å². The van der Waals surface area contributed by atoms with Crippen molar-refractivity contribution in [1.82, 2.24) is 9.29 Å². The molecule has 4 rings (SSSR count). The van der Waals surface area contributed by atoms with Gasteiger partial charge in [-0.05, 0) is 68.5 Å². The highest BCUT2D eigenvalue weighted by Crippen LogP contribution is 2.34. The van der Waals surface area contributed by atoms with Crippen LogP contribution < -0.4 is 4.90 Å². The molecule has 9 heteroatoms. The van der Waals surface area contributed by atoms with Gasteiger partial charge >= 0.3 is 0 Å². The normalized spacial score (nSPS) is 16.2. The van der Waals surface area contributed by atoms with Crippen LogP contribution in [0.15, 0.2) is 41.3 Å². The molecule has 0 spiro atoms. The molecule has 36 heavy (non-hydrogen) atoms. The molecule has 1 aliphatic heterocycles. The van der Waals surface area contributed by atoms with Gasteiger partial charge in [-0.3, -0.25) is 9.69 Å². The quantitative estimate of drug-likeness (QED) is 0.344. The first-order valence-corrected chi connectivity index (χ1v) is 14.9. The molecule has 1 unspecified atom stereocenters. The summed E-state index contributed by atoms with van der Waals surface area (Å²) in [6.07, 6.45) is 3.56. The van der Waals surface area contributed by atoms with Crippen molar-refractivity contribution in [2.45, 2.75) is 64.4 Å². The van der Waals surface area contributed by atoms with Gasteiger partial charge in [0.25, 0.3) is 5.91 Å². The van der Waals surface area contributed by atoms with Crippen molar-refractivity contribution < 1.29 is 17.9 Å². The number of hydrogen-bond donors (Lipinski definition) is 0. The summed E-state index contributed by atoms with van der Waals surface area (Å²) in [6.45, 7) is 9.97. The fourth-order valence-electron chi connectivity index (χ4n) is 4.46. The summed E-state index contributed by atoms with van der Waals surface area (Å²) in [4.78, 5) is 20.5. The van der Waals surface area contributed by atoms with Gasteiger partial charge in [-0.2, -0.15) is 4.31 Å². The standard InChI is InChI=1S/C27H35N3O4S2/c1-5-7-16-29(6-2)36(32,33)23-14-12-21(13-15-23)26(31)30(18-22-9-8-17-34-22)27-28-24-19(3)10-11-20(4)25(24)35-27/h10-15,22H,5-9,16-18H2,1-4H3. The number of ether oxygens (including phenoxy) is 1. The number of sulfonamides is 1. The summed E-state index contributed by atoms with van der Waals surface area (Å²) in [5, 5.41) is 0.635. The Morgan fingerprint density at radius 1 is 1.11 bits per heavy atom. The van der Waals surface area contributed by atoms with Crippen LogP contribution in [0.5, 0.6) is 0 Å². The van der Waals surface area contributed by atoms with E-state index in [0.29, 0.717) is 36.9 Å². The fraction of sp³-hybridized carbons (Fsp3) is 0.481. The SMILES string of the molecule is CCCCN(CC)S(=O)(=O)c1ccc(C(=O)N(CC2CCCO2)c2nc3c(C)ccc(C)c3s2)cc1. The highest BCUT2D eigenvalue weighted by atomic mass is 32.2. The molecule has 1 atom stereocenters. The lowest BCUT2D eigenvalue weighted by atomic mass is 10.1. The Bertz CT molecular complexity index is 1270. The van der Waals surface area contributed by atoms with Crippen molar-refractivity contribution in [3.63, 3.8) is 0 Å². The minimum Gasteiger partial charge on any atom is -0.376 e. The van der Waals surface area contributed by atoms with Crippen LogP contribution in [0.25, 0.3) is 10.2 Å². The van der Waals surface area contributed by atoms with Gasteiger partial charge in [0, 0.05) is 25.3 Å². The lowest BCUT2D eigenvalue weighted by molar-refractivity contribution is 0.0917. The van der Waals surface area contributed by atoms with Crippen LogP contribution in [0, 0.1) is 13.8 Å². The molecule has 1 aliphatic rings. The van der Waals surface area contributed by atoms with Gasteiger partial charge in [-0.25, -0.2) is 13.4 Å². The summed E-state index contributed by atoms with van der Waals surface area (Å²) >= 11 is 1.51. The molecule has 1 amide bonds. The van der Waals surface area contributed by atoms with E-state index in [4.69, 9.17) is 9.72 Å². The van der Waals surface area contributed by atoms with E-state index < -0.39 is 10.0 Å². The largest absolute Gasteiger partial charge is 0.376 e. The van der Waals surface area contributed by atoms with Gasteiger partial charge in [0.2, 0.25) is 10.0 Å². The molecule has 1 fully saturated rings. The average Bonchev–Trinajstić information content (AvgIpc) is 3.56. The second-order valence-electron chi connectivity index (χ2n) is 9.30. The highest BCUT2D eigenvalue weighted by Gasteiger charge is 2.28. The summed E-state index contributed by atoms with van der Waals surface area (Å²) in [6, 6.07) is 10.4. The number of benzene rings is 2. The number of carbonyl (C=O) groups excluding carboxylic acids is 1. The first-order chi connectivity index (χ1) is 17.3. The van der Waals surface area contributed by atoms with E-state index in [9.17, 15) is 13.2 Å². The van der Waals surface area contributed by atoms with Crippen molar-refractivity contribution >= 4 is 42.6 Å². The Balaban J connectivity index is 1.65. The summed E-state index contributed by atoms with van der Waals surface area (Å²) in [5.41, 5.74) is 3.53. The van der Waals surface area contributed by atoms with Crippen LogP contribution in [0.1, 0.15) is 61.0 Å². The van der Waals surface area contributed by atoms with E-state index in [2.05, 4.69) is 13.0 Å². The van der Waals surface area contributed by atoms with Gasteiger partial charge in [0.05, 0.1) is 27.8 Å². The molecule has 0 bridgehead atoms. The molecule has 194 valence electrons. The number of aromatic nitrogens is 1. The second kappa shape index (κ2) is 11.4. The Hall–Kier alpha value is -2.33. The molecule has 2 aromatic carbocycles. The van der Waals surface area contributed by atoms with Gasteiger partial charge in [0.1, 0.15) is 0 Å². The van der Waals surface area contributed by atoms with E-state index in [1.54, 1.807) is 17.0 Å². The van der Waals surface area contributed by atoms with Gasteiger partial charge < -0.3 is 4.74 Å². The maximum absolute atomic E-state index is 13.7. The average molecular weight is 530 g/mol. The number of fused-ring (bicyclic) bond motifs is 1. The van der Waals surface area contributed by atoms with Crippen molar-refractivity contribution in [3.8, 4) is 0 Å². The summed E-state index contributed by atoms with van der Waals surface area (Å²) < 4.78 is 34.6. The number of nitrogens with zero attached hydrogens (tertiary/aromatic N) is 3. The Labute approximate surface area is 218 Å². The Kier molecular flexibility index (Phi) is 8.44. The molecule has 7 nitrogen and oxygen atoms in total. The minimum absolute atomic E-state index is 0.0421. The predicted molar refractivity (Wildman–Crippen MR) is 146 cm³/mol. The molecule has 0 radical (unpaired) electrons. The molecule has 1 aromatic heterocycles. The molecule has 0 N–H and O–H groups in total. The van der Waals surface area contributed by atoms with Crippen molar-refractivity contribution in [2.75, 3.05) is 31.1 Å². The lowest BCUT2D eigenvalue weighted by Gasteiger charge is -2.23. The van der Waals surface area contributed by atoms with Gasteiger partial charge in [-0.1, -0.05) is 43.7 Å². The number of hydrogen-bond acceptors (Lipinski definition) is 6. The molecular weight excluding hydrogens is 494 g/mol. The Morgan fingerprint density at radius 3 is 2.44 bits per heavy atom. The smallest absolute Gasteiger partial charge is 0.260 e. The molecule has 0 aliphatic carbocycles. The zero-order chi connectivity index (χ0) is 25.9. The highest BCUT2D eigenvalue weighted by molar-refractivity contribution is 7.89. The fourth-order valence-corrected chi connectivity index (χ4v) is 7.07. The first-order valence-electron chi connectivity index (χ1n) is 12.7. The van der Waals surface area contributed by atoms with Crippen LogP contribution in [0.3, 0.4) is 0 Å². The lowest BCUT2D eigenvalue weighted by Crippen LogP contribution is -2.37. The molecular formula is C27H35N3O4S2. The molecule has 0 saturated carbocycles. The molecule has 3 aromatic rings. The topological polar surface area (TPSA) is 79.8 Å². The first kappa shape index (κ1) is 26.7. The molecule has 2 heterocycles. The van der Waals surface area contributed by atoms with E-state index >= 15 is 0 Å². The van der Waals surface area contributed by atoms with Crippen LogP contribution >= 0.6 is 11.3 Å². The predicted octanol–water partition coefficient (Wildman–Crippen LogP) is 5.55. The monoisotopic (exact) mass is 529 g/mol. The Morgan fingerprint density at radius 2 is 1.83 bits per heavy atom. The molecule has 1 saturated heterocycles. The summed E-state index contributed by atoms with van der Waals surface area (Å²) in [7, 11) is -3.61. The van der Waals surface area contributed by atoms with Crippen LogP contribution in [-0.2, 0) is 14.8 Å². The zero-order valence-corrected chi connectivity index (χ0v) is 23.1. The van der Waals surface area contributed by atoms with Crippen LogP contribution in [0.2, 0.25) is 0 Å².